The Hall–Kier alpha value is -3.88. The van der Waals surface area contributed by atoms with E-state index >= 15 is 0 Å². The zero-order chi connectivity index (χ0) is 27.0. The maximum Gasteiger partial charge on any atom is 0.257 e. The van der Waals surface area contributed by atoms with E-state index in [2.05, 4.69) is 46.5 Å². The first-order valence-electron chi connectivity index (χ1n) is 13.1. The third kappa shape index (κ3) is 7.16. The number of hydrogen-bond acceptors (Lipinski definition) is 6. The average Bonchev–Trinajstić information content (AvgIpc) is 2.98. The summed E-state index contributed by atoms with van der Waals surface area (Å²) in [6.07, 6.45) is 3.13. The number of benzene rings is 3. The van der Waals surface area contributed by atoms with Crippen LogP contribution in [-0.4, -0.2) is 40.6 Å². The first-order chi connectivity index (χ1) is 19.1. The topological polar surface area (TPSA) is 83.9 Å². The molecule has 39 heavy (non-hydrogen) atoms. The standard InChI is InChI=1S/C32H33N3O4/c1-35(20-23-6-3-2-4-7-23)21-29-18-30(25-11-9-24(22-36)10-12-25)39-32(38-29)26-13-15-28(16-14-26)34-31(37)27-8-5-17-33-19-27/h2-17,19,29-30,32,36H,18,20-22H2,1H3,(H,34,37)/t29-,30+,32+/m0/s1. The molecule has 0 spiro atoms. The Balaban J connectivity index is 1.30. The smallest absolute Gasteiger partial charge is 0.257 e. The molecule has 0 bridgehead atoms. The normalized spacial score (nSPS) is 19.1. The van der Waals surface area contributed by atoms with Crippen LogP contribution in [0.2, 0.25) is 0 Å². The fraction of sp³-hybridized carbons (Fsp3) is 0.250. The van der Waals surface area contributed by atoms with Crippen LogP contribution in [0.15, 0.2) is 103 Å². The Kier molecular flexibility index (Phi) is 8.75. The number of anilines is 1. The molecule has 1 aliphatic heterocycles. The third-order valence-electron chi connectivity index (χ3n) is 6.79. The van der Waals surface area contributed by atoms with Crippen LogP contribution in [0.25, 0.3) is 0 Å². The molecule has 2 heterocycles. The number of aliphatic hydroxyl groups is 1. The number of ether oxygens (including phenoxy) is 2. The minimum Gasteiger partial charge on any atom is -0.392 e. The largest absolute Gasteiger partial charge is 0.392 e. The molecule has 2 N–H and O–H groups in total. The number of carbonyl (C=O) groups excluding carboxylic acids is 1. The number of hydrogen-bond donors (Lipinski definition) is 2. The Morgan fingerprint density at radius 1 is 0.923 bits per heavy atom. The van der Waals surface area contributed by atoms with Crippen LogP contribution in [0.5, 0.6) is 0 Å². The average molecular weight is 524 g/mol. The molecule has 200 valence electrons. The van der Waals surface area contributed by atoms with Crippen molar-refractivity contribution < 1.29 is 19.4 Å². The molecule has 4 aromatic rings. The molecule has 0 unspecified atom stereocenters. The number of aromatic nitrogens is 1. The van der Waals surface area contributed by atoms with Crippen molar-refractivity contribution in [3.8, 4) is 0 Å². The van der Waals surface area contributed by atoms with Gasteiger partial charge in [0.2, 0.25) is 0 Å². The quantitative estimate of drug-likeness (QED) is 0.301. The molecule has 0 aliphatic carbocycles. The highest BCUT2D eigenvalue weighted by atomic mass is 16.7. The van der Waals surface area contributed by atoms with Gasteiger partial charge in [-0.15, -0.1) is 0 Å². The lowest BCUT2D eigenvalue weighted by atomic mass is 9.99. The maximum absolute atomic E-state index is 12.5. The fourth-order valence-corrected chi connectivity index (χ4v) is 4.76. The Labute approximate surface area is 229 Å². The van der Waals surface area contributed by atoms with Gasteiger partial charge in [0, 0.05) is 43.2 Å². The van der Waals surface area contributed by atoms with Gasteiger partial charge >= 0.3 is 0 Å². The number of nitrogens with zero attached hydrogens (tertiary/aromatic N) is 2. The Morgan fingerprint density at radius 3 is 2.36 bits per heavy atom. The SMILES string of the molecule is CN(Cc1ccccc1)C[C@@H]1C[C@H](c2ccc(CO)cc2)O[C@H](c2ccc(NC(=O)c3cccnc3)cc2)O1. The van der Waals surface area contributed by atoms with Gasteiger partial charge in [0.25, 0.3) is 5.91 Å². The molecule has 1 aromatic heterocycles. The van der Waals surface area contributed by atoms with Crippen LogP contribution in [-0.2, 0) is 22.6 Å². The van der Waals surface area contributed by atoms with Crippen molar-refractivity contribution in [2.75, 3.05) is 18.9 Å². The summed E-state index contributed by atoms with van der Waals surface area (Å²) < 4.78 is 12.9. The monoisotopic (exact) mass is 523 g/mol. The van der Waals surface area contributed by atoms with Gasteiger partial charge in [-0.2, -0.15) is 0 Å². The highest BCUT2D eigenvalue weighted by Crippen LogP contribution is 2.38. The molecular formula is C32H33N3O4. The fourth-order valence-electron chi connectivity index (χ4n) is 4.76. The molecule has 7 nitrogen and oxygen atoms in total. The van der Waals surface area contributed by atoms with Gasteiger partial charge in [-0.25, -0.2) is 0 Å². The van der Waals surface area contributed by atoms with E-state index in [0.29, 0.717) is 17.7 Å². The van der Waals surface area contributed by atoms with Crippen molar-refractivity contribution >= 4 is 11.6 Å². The van der Waals surface area contributed by atoms with Crippen molar-refractivity contribution in [3.63, 3.8) is 0 Å². The summed E-state index contributed by atoms with van der Waals surface area (Å²) in [5, 5.41) is 12.4. The summed E-state index contributed by atoms with van der Waals surface area (Å²) in [7, 11) is 2.10. The van der Waals surface area contributed by atoms with Gasteiger partial charge in [-0.3, -0.25) is 14.7 Å². The minimum absolute atomic E-state index is 0.00805. The van der Waals surface area contributed by atoms with E-state index in [0.717, 1.165) is 29.8 Å². The van der Waals surface area contributed by atoms with Gasteiger partial charge in [0.1, 0.15) is 0 Å². The molecule has 3 atom stereocenters. The van der Waals surface area contributed by atoms with E-state index in [1.54, 1.807) is 18.3 Å². The second kappa shape index (κ2) is 12.8. The molecule has 1 amide bonds. The van der Waals surface area contributed by atoms with Crippen LogP contribution < -0.4 is 5.32 Å². The number of aliphatic hydroxyl groups excluding tert-OH is 1. The Morgan fingerprint density at radius 2 is 1.67 bits per heavy atom. The zero-order valence-corrected chi connectivity index (χ0v) is 21.9. The number of amides is 1. The van der Waals surface area contributed by atoms with Crippen LogP contribution in [0, 0.1) is 0 Å². The lowest BCUT2D eigenvalue weighted by Gasteiger charge is -2.38. The van der Waals surface area contributed by atoms with Gasteiger partial charge < -0.3 is 19.9 Å². The van der Waals surface area contributed by atoms with Crippen LogP contribution in [0.1, 0.15) is 51.4 Å². The summed E-state index contributed by atoms with van der Waals surface area (Å²) in [5.74, 6) is -0.214. The van der Waals surface area contributed by atoms with Crippen LogP contribution in [0.3, 0.4) is 0 Å². The van der Waals surface area contributed by atoms with Crippen molar-refractivity contribution in [1.82, 2.24) is 9.88 Å². The van der Waals surface area contributed by atoms with Crippen molar-refractivity contribution in [3.05, 3.63) is 131 Å². The highest BCUT2D eigenvalue weighted by molar-refractivity contribution is 6.04. The first-order valence-corrected chi connectivity index (χ1v) is 13.1. The summed E-state index contributed by atoms with van der Waals surface area (Å²) in [4.78, 5) is 18.8. The lowest BCUT2D eigenvalue weighted by molar-refractivity contribution is -0.252. The highest BCUT2D eigenvalue weighted by Gasteiger charge is 2.32. The van der Waals surface area contributed by atoms with E-state index in [9.17, 15) is 9.90 Å². The number of pyridine rings is 1. The number of likely N-dealkylation sites (N-methyl/N-ethyl adjacent to an activating group) is 1. The number of rotatable bonds is 9. The summed E-state index contributed by atoms with van der Waals surface area (Å²) in [6, 6.07) is 29.3. The van der Waals surface area contributed by atoms with Crippen molar-refractivity contribution in [2.45, 2.75) is 38.1 Å². The number of nitrogens with one attached hydrogen (secondary N) is 1. The summed E-state index contributed by atoms with van der Waals surface area (Å²) in [5.41, 5.74) is 5.23. The zero-order valence-electron chi connectivity index (χ0n) is 21.9. The molecule has 1 saturated heterocycles. The molecule has 3 aromatic carbocycles. The van der Waals surface area contributed by atoms with Crippen molar-refractivity contribution in [2.24, 2.45) is 0 Å². The molecule has 1 aliphatic rings. The van der Waals surface area contributed by atoms with Crippen molar-refractivity contribution in [1.29, 1.82) is 0 Å². The van der Waals surface area contributed by atoms with Crippen LogP contribution in [0.4, 0.5) is 5.69 Å². The van der Waals surface area contributed by atoms with Gasteiger partial charge in [-0.1, -0.05) is 66.7 Å². The van der Waals surface area contributed by atoms with E-state index in [-0.39, 0.29) is 24.7 Å². The molecule has 7 heteroatoms. The maximum atomic E-state index is 12.5. The molecule has 5 rings (SSSR count). The predicted octanol–water partition coefficient (Wildman–Crippen LogP) is 5.50. The molecule has 0 saturated carbocycles. The summed E-state index contributed by atoms with van der Waals surface area (Å²) in [6.45, 7) is 1.58. The van der Waals surface area contributed by atoms with E-state index in [1.807, 2.05) is 54.6 Å². The third-order valence-corrected chi connectivity index (χ3v) is 6.79. The van der Waals surface area contributed by atoms with Gasteiger partial charge in [-0.05, 0) is 48.0 Å². The Bertz CT molecular complexity index is 1330. The van der Waals surface area contributed by atoms with E-state index in [1.165, 1.54) is 11.8 Å². The molecular weight excluding hydrogens is 490 g/mol. The summed E-state index contributed by atoms with van der Waals surface area (Å²) >= 11 is 0. The lowest BCUT2D eigenvalue weighted by Crippen LogP contribution is -2.37. The second-order valence-electron chi connectivity index (χ2n) is 9.85. The number of carbonyl (C=O) groups is 1. The van der Waals surface area contributed by atoms with E-state index < -0.39 is 6.29 Å². The predicted molar refractivity (Wildman–Crippen MR) is 150 cm³/mol. The minimum atomic E-state index is -0.556. The second-order valence-corrected chi connectivity index (χ2v) is 9.85. The molecule has 1 fully saturated rings. The molecule has 0 radical (unpaired) electrons. The van der Waals surface area contributed by atoms with Crippen LogP contribution >= 0.6 is 0 Å². The van der Waals surface area contributed by atoms with Gasteiger partial charge in [0.15, 0.2) is 6.29 Å². The van der Waals surface area contributed by atoms with Gasteiger partial charge in [0.05, 0.1) is 24.4 Å². The first kappa shape index (κ1) is 26.7. The van der Waals surface area contributed by atoms with E-state index in [4.69, 9.17) is 9.47 Å².